The van der Waals surface area contributed by atoms with Gasteiger partial charge in [0.15, 0.2) is 5.82 Å². The lowest BCUT2D eigenvalue weighted by Gasteiger charge is -2.33. The molecule has 0 radical (unpaired) electrons. The van der Waals surface area contributed by atoms with Gasteiger partial charge in [-0.3, -0.25) is 4.79 Å². The average molecular weight is 627 g/mol. The summed E-state index contributed by atoms with van der Waals surface area (Å²) in [6.45, 7) is 2.47. The molecule has 13 heteroatoms. The minimum absolute atomic E-state index is 0.0418. The fraction of sp³-hybridized carbons (Fsp3) is 0.516. The third-order valence-corrected chi connectivity index (χ3v) is 7.59. The number of alkyl halides is 5. The van der Waals surface area contributed by atoms with Crippen molar-refractivity contribution >= 4 is 23.0 Å². The van der Waals surface area contributed by atoms with E-state index in [1.54, 1.807) is 30.3 Å². The zero-order chi connectivity index (χ0) is 32.3. The van der Waals surface area contributed by atoms with Crippen molar-refractivity contribution in [2.45, 2.75) is 89.0 Å². The van der Waals surface area contributed by atoms with Crippen molar-refractivity contribution in [2.24, 2.45) is 5.92 Å². The number of nitrogens with one attached hydrogen (secondary N) is 3. The van der Waals surface area contributed by atoms with Crippen LogP contribution in [0.5, 0.6) is 0 Å². The van der Waals surface area contributed by atoms with Crippen molar-refractivity contribution in [1.82, 2.24) is 20.6 Å². The van der Waals surface area contributed by atoms with E-state index in [-0.39, 0.29) is 41.9 Å². The number of benzene rings is 2. The summed E-state index contributed by atoms with van der Waals surface area (Å²) in [5.41, 5.74) is -1.62. The molecule has 44 heavy (non-hydrogen) atoms. The van der Waals surface area contributed by atoms with Gasteiger partial charge in [-0.15, -0.1) is 0 Å². The monoisotopic (exact) mass is 626 g/mol. The molecule has 240 valence electrons. The van der Waals surface area contributed by atoms with Crippen LogP contribution < -0.4 is 10.6 Å². The number of ether oxygens (including phenoxy) is 1. The quantitative estimate of drug-likeness (QED) is 0.192. The van der Waals surface area contributed by atoms with Crippen molar-refractivity contribution in [3.8, 4) is 0 Å². The van der Waals surface area contributed by atoms with E-state index in [1.807, 2.05) is 0 Å². The molecule has 1 fully saturated rings. The van der Waals surface area contributed by atoms with Gasteiger partial charge < -0.3 is 20.4 Å². The molecule has 2 atom stereocenters. The molecule has 1 aromatic heterocycles. The van der Waals surface area contributed by atoms with E-state index in [9.17, 15) is 31.5 Å². The van der Waals surface area contributed by atoms with Gasteiger partial charge in [-0.25, -0.2) is 36.1 Å². The molecular weight excluding hydrogens is 590 g/mol. The third-order valence-electron chi connectivity index (χ3n) is 7.59. The van der Waals surface area contributed by atoms with Gasteiger partial charge in [0.25, 0.3) is 0 Å². The number of halogens is 6. The summed E-state index contributed by atoms with van der Waals surface area (Å²) in [7, 11) is 0. The van der Waals surface area contributed by atoms with Crippen molar-refractivity contribution in [3.63, 3.8) is 0 Å². The molecule has 0 spiro atoms. The van der Waals surface area contributed by atoms with E-state index in [2.05, 4.69) is 20.6 Å². The molecular formula is C31H36F6N4O3. The summed E-state index contributed by atoms with van der Waals surface area (Å²) in [5, 5.41) is 4.95. The molecule has 1 heterocycles. The van der Waals surface area contributed by atoms with Crippen LogP contribution in [0.25, 0.3) is 11.0 Å². The van der Waals surface area contributed by atoms with Crippen LogP contribution in [0.3, 0.4) is 0 Å². The highest BCUT2D eigenvalue weighted by Gasteiger charge is 2.40. The lowest BCUT2D eigenvalue weighted by atomic mass is 9.82. The first-order valence-corrected chi connectivity index (χ1v) is 14.4. The molecule has 0 bridgehead atoms. The zero-order valence-electron chi connectivity index (χ0n) is 24.7. The molecule has 2 unspecified atom stereocenters. The number of alkyl carbamates (subject to hydrolysis) is 1. The zero-order valence-corrected chi connectivity index (χ0v) is 24.7. The van der Waals surface area contributed by atoms with Crippen molar-refractivity contribution in [2.75, 3.05) is 6.54 Å². The number of fused-ring (bicyclic) bond motifs is 1. The first-order chi connectivity index (χ1) is 20.5. The van der Waals surface area contributed by atoms with Gasteiger partial charge in [-0.05, 0) is 51.2 Å². The first kappa shape index (κ1) is 33.1. The van der Waals surface area contributed by atoms with Crippen LogP contribution in [0.1, 0.15) is 81.8 Å². The predicted molar refractivity (Wildman–Crippen MR) is 152 cm³/mol. The molecule has 2 aromatic carbocycles. The van der Waals surface area contributed by atoms with Crippen LogP contribution in [0.4, 0.5) is 31.1 Å². The highest BCUT2D eigenvalue weighted by atomic mass is 19.3. The van der Waals surface area contributed by atoms with Gasteiger partial charge in [-0.1, -0.05) is 36.4 Å². The topological polar surface area (TPSA) is 96.1 Å². The minimum Gasteiger partial charge on any atom is -0.445 e. The number of imidazole rings is 1. The fourth-order valence-electron chi connectivity index (χ4n) is 5.31. The van der Waals surface area contributed by atoms with Crippen molar-refractivity contribution < 1.29 is 40.7 Å². The molecule has 3 N–H and O–H groups in total. The molecule has 0 aliphatic heterocycles. The summed E-state index contributed by atoms with van der Waals surface area (Å²) in [4.78, 5) is 32.9. The van der Waals surface area contributed by atoms with Gasteiger partial charge >= 0.3 is 6.09 Å². The Labute approximate surface area is 251 Å². The lowest BCUT2D eigenvalue weighted by molar-refractivity contribution is -0.125. The van der Waals surface area contributed by atoms with Crippen LogP contribution in [0, 0.1) is 11.7 Å². The molecule has 2 amide bonds. The van der Waals surface area contributed by atoms with Gasteiger partial charge in [0.05, 0.1) is 24.0 Å². The number of aromatic amines is 1. The molecule has 7 nitrogen and oxygen atoms in total. The number of hydrogen-bond donors (Lipinski definition) is 3. The van der Waals surface area contributed by atoms with Crippen LogP contribution in [-0.2, 0) is 16.1 Å². The van der Waals surface area contributed by atoms with Crippen LogP contribution in [0.2, 0.25) is 0 Å². The third kappa shape index (κ3) is 8.88. The minimum atomic E-state index is -3.36. The van der Waals surface area contributed by atoms with Crippen LogP contribution in [0.15, 0.2) is 42.5 Å². The number of carbonyl (C=O) groups excluding carboxylic acids is 2. The van der Waals surface area contributed by atoms with Crippen molar-refractivity contribution in [1.29, 1.82) is 0 Å². The molecule has 1 aliphatic rings. The first-order valence-electron chi connectivity index (χ1n) is 14.4. The van der Waals surface area contributed by atoms with Crippen molar-refractivity contribution in [3.05, 3.63) is 65.2 Å². The highest BCUT2D eigenvalue weighted by molar-refractivity contribution is 5.86. The Kier molecular flexibility index (Phi) is 9.84. The molecule has 1 aliphatic carbocycles. The van der Waals surface area contributed by atoms with Gasteiger partial charge in [0.1, 0.15) is 23.6 Å². The summed E-state index contributed by atoms with van der Waals surface area (Å²) >= 11 is 0. The summed E-state index contributed by atoms with van der Waals surface area (Å²) < 4.78 is 91.4. The summed E-state index contributed by atoms with van der Waals surface area (Å²) in [5.74, 6) is -10.3. The van der Waals surface area contributed by atoms with E-state index < -0.39 is 79.0 Å². The fourth-order valence-corrected chi connectivity index (χ4v) is 5.31. The Hall–Kier alpha value is -3.77. The number of aromatic nitrogens is 2. The maximum atomic E-state index is 15.9. The molecule has 4 rings (SSSR count). The molecule has 3 aromatic rings. The Balaban J connectivity index is 1.64. The Bertz CT molecular complexity index is 1440. The van der Waals surface area contributed by atoms with Gasteiger partial charge in [-0.2, -0.15) is 0 Å². The second-order valence-electron chi connectivity index (χ2n) is 12.1. The number of carbonyl (C=O) groups is 2. The summed E-state index contributed by atoms with van der Waals surface area (Å²) in [6.07, 6.45) is -2.62. The summed E-state index contributed by atoms with van der Waals surface area (Å²) in [6, 6.07) is 10.4. The van der Waals surface area contributed by atoms with Crippen LogP contribution in [-0.4, -0.2) is 46.0 Å². The van der Waals surface area contributed by atoms with E-state index >= 15 is 4.39 Å². The molecule has 0 saturated heterocycles. The van der Waals surface area contributed by atoms with Crippen LogP contribution >= 0.6 is 0 Å². The average Bonchev–Trinajstić information content (AvgIpc) is 3.38. The normalized spacial score (nSPS) is 17.2. The number of amides is 2. The van der Waals surface area contributed by atoms with E-state index in [0.29, 0.717) is 6.92 Å². The predicted octanol–water partition coefficient (Wildman–Crippen LogP) is 7.49. The van der Waals surface area contributed by atoms with E-state index in [0.717, 1.165) is 5.56 Å². The van der Waals surface area contributed by atoms with E-state index in [4.69, 9.17) is 4.74 Å². The largest absolute Gasteiger partial charge is 0.445 e. The second-order valence-corrected chi connectivity index (χ2v) is 12.1. The number of hydrogen-bond acceptors (Lipinski definition) is 4. The smallest absolute Gasteiger partial charge is 0.408 e. The maximum absolute atomic E-state index is 15.9. The van der Waals surface area contributed by atoms with Gasteiger partial charge in [0.2, 0.25) is 17.8 Å². The van der Waals surface area contributed by atoms with E-state index in [1.165, 1.54) is 26.0 Å². The number of nitrogens with zero attached hydrogens (tertiary/aromatic N) is 1. The second kappa shape index (κ2) is 13.1. The van der Waals surface area contributed by atoms with Gasteiger partial charge in [0, 0.05) is 24.8 Å². The SMILES string of the molecule is CC(C)(F)CNC(=O)C(CC(C)(F)F)c1ccc2[nH]c(C(NC(=O)OCc3ccccc3)C3CCC(F)(F)CC3)nc2c1F. The lowest BCUT2D eigenvalue weighted by Crippen LogP contribution is -2.39. The highest BCUT2D eigenvalue weighted by Crippen LogP contribution is 2.42. The Morgan fingerprint density at radius 2 is 1.73 bits per heavy atom. The standard InChI is InChI=1S/C31H36F6N4O3/c1-29(2,33)17-38-27(42)21(15-30(3,34)35)20-9-10-22-25(23(20)32)40-26(39-22)24(19-11-13-31(36,37)14-12-19)41-28(43)44-16-18-7-5-4-6-8-18/h4-10,19,21,24H,11-17H2,1-3H3,(H,38,42)(H,39,40)(H,41,43). The Morgan fingerprint density at radius 1 is 1.07 bits per heavy atom. The number of H-pyrrole nitrogens is 1. The number of rotatable bonds is 11. The maximum Gasteiger partial charge on any atom is 0.408 e. The Morgan fingerprint density at radius 3 is 2.34 bits per heavy atom. The molecule has 1 saturated carbocycles.